The van der Waals surface area contributed by atoms with Crippen molar-refractivity contribution < 1.29 is 22.9 Å². The summed E-state index contributed by atoms with van der Waals surface area (Å²) in [6.07, 6.45) is -3.80. The zero-order valence-corrected chi connectivity index (χ0v) is 11.8. The van der Waals surface area contributed by atoms with Crippen LogP contribution in [-0.2, 0) is 6.18 Å². The number of alkyl halides is 3. The van der Waals surface area contributed by atoms with E-state index in [-0.39, 0.29) is 16.4 Å². The quantitative estimate of drug-likeness (QED) is 0.882. The molecule has 0 spiro atoms. The number of amides is 1. The van der Waals surface area contributed by atoms with E-state index < -0.39 is 17.6 Å². The SMILES string of the molecule is O=C(Nc1[nH+]cc(C(F)(F)F)cc1Cl)c1cccc(Cl)c1. The first-order chi connectivity index (χ1) is 9.77. The Morgan fingerprint density at radius 1 is 1.19 bits per heavy atom. The van der Waals surface area contributed by atoms with Gasteiger partial charge in [0.15, 0.2) is 0 Å². The van der Waals surface area contributed by atoms with Gasteiger partial charge >= 0.3 is 12.1 Å². The van der Waals surface area contributed by atoms with Crippen molar-refractivity contribution in [1.82, 2.24) is 0 Å². The predicted molar refractivity (Wildman–Crippen MR) is 72.4 cm³/mol. The van der Waals surface area contributed by atoms with Gasteiger partial charge in [0.1, 0.15) is 11.2 Å². The molecule has 1 aromatic carbocycles. The number of aromatic nitrogens is 1. The lowest BCUT2D eigenvalue weighted by Gasteiger charge is -2.06. The third kappa shape index (κ3) is 3.86. The molecule has 0 fully saturated rings. The molecular formula is C13H8Cl2F3N2O+. The Morgan fingerprint density at radius 2 is 1.90 bits per heavy atom. The summed E-state index contributed by atoms with van der Waals surface area (Å²) < 4.78 is 37.5. The number of halogens is 5. The van der Waals surface area contributed by atoms with Crippen molar-refractivity contribution in [3.05, 3.63) is 57.7 Å². The van der Waals surface area contributed by atoms with E-state index >= 15 is 0 Å². The van der Waals surface area contributed by atoms with Crippen molar-refractivity contribution in [3.63, 3.8) is 0 Å². The van der Waals surface area contributed by atoms with E-state index in [9.17, 15) is 18.0 Å². The van der Waals surface area contributed by atoms with Gasteiger partial charge in [-0.05, 0) is 24.3 Å². The first kappa shape index (κ1) is 15.6. The van der Waals surface area contributed by atoms with Crippen LogP contribution in [-0.4, -0.2) is 5.91 Å². The summed E-state index contributed by atoms with van der Waals surface area (Å²) in [5.41, 5.74) is -0.680. The van der Waals surface area contributed by atoms with Gasteiger partial charge < -0.3 is 0 Å². The van der Waals surface area contributed by atoms with Crippen molar-refractivity contribution in [2.45, 2.75) is 6.18 Å². The van der Waals surface area contributed by atoms with E-state index in [4.69, 9.17) is 23.2 Å². The molecule has 2 N–H and O–H groups in total. The van der Waals surface area contributed by atoms with Crippen LogP contribution in [0.4, 0.5) is 19.0 Å². The largest absolute Gasteiger partial charge is 0.419 e. The van der Waals surface area contributed by atoms with E-state index in [0.29, 0.717) is 5.02 Å². The highest BCUT2D eigenvalue weighted by atomic mass is 35.5. The Morgan fingerprint density at radius 3 is 2.48 bits per heavy atom. The lowest BCUT2D eigenvalue weighted by molar-refractivity contribution is -0.364. The Kier molecular flexibility index (Phi) is 4.39. The Bertz CT molecular complexity index is 689. The van der Waals surface area contributed by atoms with Crippen molar-refractivity contribution in [2.75, 3.05) is 5.32 Å². The molecule has 0 saturated heterocycles. The van der Waals surface area contributed by atoms with Crippen LogP contribution in [0.2, 0.25) is 10.0 Å². The van der Waals surface area contributed by atoms with Crippen molar-refractivity contribution in [1.29, 1.82) is 0 Å². The molecule has 1 amide bonds. The minimum absolute atomic E-state index is 0.0327. The van der Waals surface area contributed by atoms with Gasteiger partial charge in [0, 0.05) is 5.02 Å². The van der Waals surface area contributed by atoms with Gasteiger partial charge in [-0.15, -0.1) is 0 Å². The highest BCUT2D eigenvalue weighted by Gasteiger charge is 2.33. The van der Waals surface area contributed by atoms with E-state index in [1.807, 2.05) is 0 Å². The van der Waals surface area contributed by atoms with Crippen molar-refractivity contribution >= 4 is 34.9 Å². The molecule has 21 heavy (non-hydrogen) atoms. The summed E-state index contributed by atoms with van der Waals surface area (Å²) in [5.74, 6) is -0.579. The van der Waals surface area contributed by atoms with Crippen LogP contribution in [0, 0.1) is 0 Å². The number of hydrogen-bond donors (Lipinski definition) is 1. The number of carbonyl (C=O) groups is 1. The smallest absolute Gasteiger partial charge is 0.245 e. The maximum Gasteiger partial charge on any atom is 0.419 e. The first-order valence-corrected chi connectivity index (χ1v) is 6.38. The Balaban J connectivity index is 2.22. The fraction of sp³-hybridized carbons (Fsp3) is 0.0769. The zero-order chi connectivity index (χ0) is 15.6. The van der Waals surface area contributed by atoms with Crippen LogP contribution in [0.5, 0.6) is 0 Å². The summed E-state index contributed by atoms with van der Waals surface area (Å²) in [6.45, 7) is 0. The van der Waals surface area contributed by atoms with Crippen LogP contribution < -0.4 is 10.3 Å². The minimum Gasteiger partial charge on any atom is -0.245 e. The van der Waals surface area contributed by atoms with E-state index in [1.165, 1.54) is 12.1 Å². The van der Waals surface area contributed by atoms with Gasteiger partial charge in [-0.25, -0.2) is 15.1 Å². The van der Waals surface area contributed by atoms with Crippen molar-refractivity contribution in [3.8, 4) is 0 Å². The molecule has 3 nitrogen and oxygen atoms in total. The lowest BCUT2D eigenvalue weighted by atomic mass is 10.2. The van der Waals surface area contributed by atoms with Gasteiger partial charge in [0.25, 0.3) is 5.82 Å². The predicted octanol–water partition coefficient (Wildman–Crippen LogP) is 4.08. The molecule has 0 saturated carbocycles. The fourth-order valence-electron chi connectivity index (χ4n) is 1.54. The van der Waals surface area contributed by atoms with Gasteiger partial charge in [0.2, 0.25) is 0 Å². The standard InChI is InChI=1S/C13H7Cl2F3N2O/c14-9-3-1-2-7(4-9)12(21)20-11-10(15)5-8(6-19-11)13(16,17)18/h1-6H,(H,19,20,21)/p+1. The molecule has 8 heteroatoms. The summed E-state index contributed by atoms with van der Waals surface area (Å²) in [5, 5.41) is 2.50. The molecule has 0 bridgehead atoms. The average molecular weight is 336 g/mol. The van der Waals surface area contributed by atoms with Crippen LogP contribution in [0.25, 0.3) is 0 Å². The van der Waals surface area contributed by atoms with E-state index in [2.05, 4.69) is 10.3 Å². The third-order valence-electron chi connectivity index (χ3n) is 2.55. The second kappa shape index (κ2) is 5.91. The number of H-pyrrole nitrogens is 1. The molecule has 110 valence electrons. The summed E-state index contributed by atoms with van der Waals surface area (Å²) in [7, 11) is 0. The highest BCUT2D eigenvalue weighted by molar-refractivity contribution is 6.33. The summed E-state index contributed by atoms with van der Waals surface area (Å²) >= 11 is 11.5. The van der Waals surface area contributed by atoms with Gasteiger partial charge in [-0.1, -0.05) is 29.3 Å². The van der Waals surface area contributed by atoms with Crippen LogP contribution in [0.3, 0.4) is 0 Å². The highest BCUT2D eigenvalue weighted by Crippen LogP contribution is 2.31. The summed E-state index contributed by atoms with van der Waals surface area (Å²) in [6, 6.07) is 6.84. The van der Waals surface area contributed by atoms with Gasteiger partial charge in [-0.3, -0.25) is 0 Å². The number of benzene rings is 1. The number of carbonyl (C=O) groups excluding carboxylic acids is 1. The maximum absolute atomic E-state index is 12.5. The molecule has 1 aromatic heterocycles. The third-order valence-corrected chi connectivity index (χ3v) is 3.08. The number of nitrogens with one attached hydrogen (secondary N) is 2. The Labute approximate surface area is 127 Å². The maximum atomic E-state index is 12.5. The van der Waals surface area contributed by atoms with E-state index in [0.717, 1.165) is 12.3 Å². The molecule has 0 aliphatic heterocycles. The summed E-state index contributed by atoms with van der Waals surface area (Å²) in [4.78, 5) is 14.2. The monoisotopic (exact) mass is 335 g/mol. The lowest BCUT2D eigenvalue weighted by Crippen LogP contribution is -2.21. The number of pyridine rings is 1. The molecule has 0 atom stereocenters. The Hall–Kier alpha value is -1.79. The fourth-order valence-corrected chi connectivity index (χ4v) is 1.95. The number of anilines is 1. The van der Waals surface area contributed by atoms with Crippen LogP contribution >= 0.6 is 23.2 Å². The number of hydrogen-bond acceptors (Lipinski definition) is 1. The normalized spacial score (nSPS) is 11.3. The molecule has 0 aliphatic rings. The molecule has 1 heterocycles. The second-order valence-electron chi connectivity index (χ2n) is 4.07. The van der Waals surface area contributed by atoms with Crippen LogP contribution in [0.1, 0.15) is 15.9 Å². The number of rotatable bonds is 2. The van der Waals surface area contributed by atoms with Crippen molar-refractivity contribution in [2.24, 2.45) is 0 Å². The molecular weight excluding hydrogens is 328 g/mol. The first-order valence-electron chi connectivity index (χ1n) is 5.63. The van der Waals surface area contributed by atoms with Crippen LogP contribution in [0.15, 0.2) is 36.5 Å². The average Bonchev–Trinajstić information content (AvgIpc) is 2.39. The molecule has 0 radical (unpaired) electrons. The second-order valence-corrected chi connectivity index (χ2v) is 4.92. The van der Waals surface area contributed by atoms with Gasteiger partial charge in [-0.2, -0.15) is 13.2 Å². The molecule has 2 aromatic rings. The van der Waals surface area contributed by atoms with Gasteiger partial charge in [0.05, 0.1) is 11.1 Å². The zero-order valence-electron chi connectivity index (χ0n) is 10.3. The molecule has 0 unspecified atom stereocenters. The molecule has 2 rings (SSSR count). The molecule has 0 aliphatic carbocycles. The number of aromatic amines is 1. The minimum atomic E-state index is -4.52. The van der Waals surface area contributed by atoms with E-state index in [1.54, 1.807) is 12.1 Å². The topological polar surface area (TPSA) is 43.2 Å².